The number of hydrogen-bond donors (Lipinski definition) is 1. The number of para-hydroxylation sites is 3. The van der Waals surface area contributed by atoms with Gasteiger partial charge in [-0.25, -0.2) is 4.98 Å². The van der Waals surface area contributed by atoms with Crippen molar-refractivity contribution in [3.63, 3.8) is 0 Å². The molecule has 0 bridgehead atoms. The molecule has 24 heavy (non-hydrogen) atoms. The van der Waals surface area contributed by atoms with Crippen LogP contribution < -0.4 is 5.32 Å². The molecule has 0 spiro atoms. The Balaban J connectivity index is 1.41. The number of rotatable bonds is 2. The van der Waals surface area contributed by atoms with Gasteiger partial charge in [0.2, 0.25) is 0 Å². The first-order chi connectivity index (χ1) is 11.9. The molecule has 1 aliphatic heterocycles. The lowest BCUT2D eigenvalue weighted by Crippen LogP contribution is -2.14. The summed E-state index contributed by atoms with van der Waals surface area (Å²) in [5.74, 6) is 0.869. The van der Waals surface area contributed by atoms with E-state index in [-0.39, 0.29) is 0 Å². The smallest absolute Gasteiger partial charge is 0.194 e. The standard InChI is InChI=1S/C18H14N4S2/c1-2-6-14-12(5-1)9-19-17(20-14)23-10-13-11-24-18-21-15-7-3-4-8-16(15)22(13)18/h1-8,11H,9-10H2,(H,19,20). The normalized spacial score (nSPS) is 13.8. The Morgan fingerprint density at radius 1 is 1.12 bits per heavy atom. The number of amidine groups is 1. The minimum Gasteiger partial charge on any atom is -0.335 e. The predicted molar refractivity (Wildman–Crippen MR) is 103 cm³/mol. The summed E-state index contributed by atoms with van der Waals surface area (Å²) in [6, 6.07) is 16.6. The van der Waals surface area contributed by atoms with Gasteiger partial charge in [0.15, 0.2) is 10.1 Å². The van der Waals surface area contributed by atoms with Gasteiger partial charge in [-0.2, -0.15) is 0 Å². The number of nitrogens with one attached hydrogen (secondary N) is 1. The molecular formula is C18H14N4S2. The predicted octanol–water partition coefficient (Wildman–Crippen LogP) is 4.76. The van der Waals surface area contributed by atoms with Crippen molar-refractivity contribution in [2.75, 3.05) is 5.32 Å². The fourth-order valence-electron chi connectivity index (χ4n) is 2.95. The first-order valence-corrected chi connectivity index (χ1v) is 9.61. The van der Waals surface area contributed by atoms with Crippen molar-refractivity contribution in [3.8, 4) is 0 Å². The molecular weight excluding hydrogens is 336 g/mol. The molecule has 3 heterocycles. The molecule has 0 aliphatic carbocycles. The van der Waals surface area contributed by atoms with Crippen molar-refractivity contribution < 1.29 is 0 Å². The highest BCUT2D eigenvalue weighted by molar-refractivity contribution is 8.13. The van der Waals surface area contributed by atoms with Crippen molar-refractivity contribution in [1.29, 1.82) is 0 Å². The van der Waals surface area contributed by atoms with Gasteiger partial charge in [-0.3, -0.25) is 9.39 Å². The van der Waals surface area contributed by atoms with Crippen LogP contribution in [0.1, 0.15) is 11.3 Å². The van der Waals surface area contributed by atoms with Crippen molar-refractivity contribution >= 4 is 49.9 Å². The molecule has 1 aliphatic rings. The lowest BCUT2D eigenvalue weighted by molar-refractivity contribution is 1.06. The van der Waals surface area contributed by atoms with Gasteiger partial charge >= 0.3 is 0 Å². The van der Waals surface area contributed by atoms with E-state index >= 15 is 0 Å². The molecule has 0 fully saturated rings. The Labute approximate surface area is 147 Å². The van der Waals surface area contributed by atoms with Crippen LogP contribution in [0, 0.1) is 0 Å². The number of aliphatic imine (C=N–C) groups is 1. The van der Waals surface area contributed by atoms with Crippen LogP contribution in [0.5, 0.6) is 0 Å². The maximum absolute atomic E-state index is 4.69. The molecule has 0 radical (unpaired) electrons. The lowest BCUT2D eigenvalue weighted by atomic mass is 10.1. The SMILES string of the molecule is c1ccc2c(c1)CN=C(SCc1csc3nc4ccccc4n13)N2. The van der Waals surface area contributed by atoms with Gasteiger partial charge in [-0.15, -0.1) is 11.3 Å². The number of anilines is 1. The molecule has 5 rings (SSSR count). The van der Waals surface area contributed by atoms with Crippen LogP contribution in [0.4, 0.5) is 5.69 Å². The summed E-state index contributed by atoms with van der Waals surface area (Å²) in [7, 11) is 0. The van der Waals surface area contributed by atoms with Gasteiger partial charge < -0.3 is 5.32 Å². The quantitative estimate of drug-likeness (QED) is 0.566. The third-order valence-corrected chi connectivity index (χ3v) is 5.95. The molecule has 4 aromatic rings. The average Bonchev–Trinajstić information content (AvgIpc) is 3.19. The number of hydrogen-bond acceptors (Lipinski definition) is 5. The third kappa shape index (κ3) is 2.30. The molecule has 4 nitrogen and oxygen atoms in total. The molecule has 0 saturated heterocycles. The molecule has 1 N–H and O–H groups in total. The fourth-order valence-corrected chi connectivity index (χ4v) is 4.79. The zero-order valence-electron chi connectivity index (χ0n) is 12.8. The second kappa shape index (κ2) is 5.65. The summed E-state index contributed by atoms with van der Waals surface area (Å²) >= 11 is 3.44. The van der Waals surface area contributed by atoms with Crippen LogP contribution in [0.15, 0.2) is 58.9 Å². The summed E-state index contributed by atoms with van der Waals surface area (Å²) in [4.78, 5) is 10.4. The third-order valence-electron chi connectivity index (χ3n) is 4.13. The van der Waals surface area contributed by atoms with E-state index in [0.717, 1.165) is 27.9 Å². The second-order valence-electron chi connectivity index (χ2n) is 5.64. The van der Waals surface area contributed by atoms with Crippen molar-refractivity contribution in [2.45, 2.75) is 12.3 Å². The Bertz CT molecular complexity index is 1080. The summed E-state index contributed by atoms with van der Waals surface area (Å²) in [6.07, 6.45) is 0. The minimum atomic E-state index is 0.749. The number of aromatic nitrogens is 2. The first-order valence-electron chi connectivity index (χ1n) is 7.74. The van der Waals surface area contributed by atoms with E-state index in [0.29, 0.717) is 0 Å². The van der Waals surface area contributed by atoms with Gasteiger partial charge in [-0.05, 0) is 23.8 Å². The van der Waals surface area contributed by atoms with Gasteiger partial charge in [-0.1, -0.05) is 42.1 Å². The largest absolute Gasteiger partial charge is 0.335 e. The highest BCUT2D eigenvalue weighted by atomic mass is 32.2. The number of thioether (sulfide) groups is 1. The van der Waals surface area contributed by atoms with E-state index in [2.05, 4.69) is 67.5 Å². The molecule has 6 heteroatoms. The van der Waals surface area contributed by atoms with Gasteiger partial charge in [0, 0.05) is 22.5 Å². The zero-order chi connectivity index (χ0) is 15.9. The van der Waals surface area contributed by atoms with Crippen LogP contribution in [0.3, 0.4) is 0 Å². The van der Waals surface area contributed by atoms with Crippen molar-refractivity contribution in [2.24, 2.45) is 4.99 Å². The second-order valence-corrected chi connectivity index (χ2v) is 7.44. The molecule has 2 aromatic heterocycles. The molecule has 2 aromatic carbocycles. The molecule has 0 atom stereocenters. The van der Waals surface area contributed by atoms with E-state index < -0.39 is 0 Å². The molecule has 0 unspecified atom stereocenters. The Morgan fingerprint density at radius 3 is 3.00 bits per heavy atom. The monoisotopic (exact) mass is 350 g/mol. The Kier molecular flexibility index (Phi) is 3.31. The van der Waals surface area contributed by atoms with Crippen LogP contribution in [-0.2, 0) is 12.3 Å². The van der Waals surface area contributed by atoms with Crippen molar-refractivity contribution in [1.82, 2.24) is 9.38 Å². The number of nitrogens with zero attached hydrogens (tertiary/aromatic N) is 3. The van der Waals surface area contributed by atoms with Gasteiger partial charge in [0.25, 0.3) is 0 Å². The van der Waals surface area contributed by atoms with E-state index in [9.17, 15) is 0 Å². The number of benzene rings is 2. The van der Waals surface area contributed by atoms with Crippen LogP contribution >= 0.6 is 23.1 Å². The van der Waals surface area contributed by atoms with E-state index in [1.54, 1.807) is 23.1 Å². The number of fused-ring (bicyclic) bond motifs is 4. The van der Waals surface area contributed by atoms with E-state index in [4.69, 9.17) is 0 Å². The minimum absolute atomic E-state index is 0.749. The van der Waals surface area contributed by atoms with Crippen LogP contribution in [0.25, 0.3) is 16.0 Å². The van der Waals surface area contributed by atoms with Crippen molar-refractivity contribution in [3.05, 3.63) is 65.2 Å². The van der Waals surface area contributed by atoms with Crippen LogP contribution in [0.2, 0.25) is 0 Å². The summed E-state index contributed by atoms with van der Waals surface area (Å²) in [5, 5.41) is 6.61. The Hall–Kier alpha value is -2.31. The fraction of sp³-hybridized carbons (Fsp3) is 0.111. The molecule has 118 valence electrons. The summed E-state index contributed by atoms with van der Waals surface area (Å²) < 4.78 is 2.25. The highest BCUT2D eigenvalue weighted by Crippen LogP contribution is 2.28. The average molecular weight is 350 g/mol. The van der Waals surface area contributed by atoms with Gasteiger partial charge in [0.1, 0.15) is 0 Å². The van der Waals surface area contributed by atoms with Crippen LogP contribution in [-0.4, -0.2) is 14.6 Å². The zero-order valence-corrected chi connectivity index (χ0v) is 14.4. The molecule has 0 amide bonds. The Morgan fingerprint density at radius 2 is 2.00 bits per heavy atom. The van der Waals surface area contributed by atoms with Gasteiger partial charge in [0.05, 0.1) is 17.6 Å². The van der Waals surface area contributed by atoms with E-state index in [1.165, 1.54) is 22.5 Å². The highest BCUT2D eigenvalue weighted by Gasteiger charge is 2.14. The maximum atomic E-state index is 4.69. The number of thiazole rings is 1. The maximum Gasteiger partial charge on any atom is 0.194 e. The molecule has 0 saturated carbocycles. The topological polar surface area (TPSA) is 41.7 Å². The lowest BCUT2D eigenvalue weighted by Gasteiger charge is -2.17. The summed E-state index contributed by atoms with van der Waals surface area (Å²) in [6.45, 7) is 0.749. The van der Waals surface area contributed by atoms with E-state index in [1.807, 2.05) is 6.07 Å². The summed E-state index contributed by atoms with van der Waals surface area (Å²) in [5.41, 5.74) is 5.90. The number of imidazole rings is 1. The first kappa shape index (κ1) is 14.1.